The summed E-state index contributed by atoms with van der Waals surface area (Å²) in [6.07, 6.45) is 5.65. The lowest BCUT2D eigenvalue weighted by molar-refractivity contribution is -0.113. The van der Waals surface area contributed by atoms with Gasteiger partial charge in [-0.25, -0.2) is 4.39 Å². The highest BCUT2D eigenvalue weighted by Crippen LogP contribution is 2.41. The molecule has 0 bridgehead atoms. The predicted octanol–water partition coefficient (Wildman–Crippen LogP) is 5.25. The molecule has 0 radical (unpaired) electrons. The van der Waals surface area contributed by atoms with Gasteiger partial charge in [0.1, 0.15) is 6.01 Å². The molecule has 0 fully saturated rings. The molecule has 0 aliphatic carbocycles. The van der Waals surface area contributed by atoms with E-state index < -0.39 is 6.01 Å². The van der Waals surface area contributed by atoms with Gasteiger partial charge in [0.05, 0.1) is 15.9 Å². The SMILES string of the molecule is CCCCCCC1SC(NC)=C(c2cccc(SCF)c2)C1=O. The molecule has 1 aliphatic rings. The van der Waals surface area contributed by atoms with E-state index >= 15 is 0 Å². The Bertz CT molecular complexity index is 574. The van der Waals surface area contributed by atoms with Gasteiger partial charge in [-0.1, -0.05) is 68.3 Å². The molecule has 1 atom stereocenters. The summed E-state index contributed by atoms with van der Waals surface area (Å²) in [5.74, 6) is 0.207. The summed E-state index contributed by atoms with van der Waals surface area (Å²) in [5.41, 5.74) is 1.65. The summed E-state index contributed by atoms with van der Waals surface area (Å²) in [5, 5.41) is 4.12. The number of benzene rings is 1. The van der Waals surface area contributed by atoms with E-state index in [0.717, 1.165) is 45.7 Å². The third-order valence-electron chi connectivity index (χ3n) is 3.92. The molecular formula is C18H24FNOS2. The number of thioether (sulfide) groups is 2. The van der Waals surface area contributed by atoms with Crippen molar-refractivity contribution < 1.29 is 9.18 Å². The van der Waals surface area contributed by atoms with Gasteiger partial charge in [0.15, 0.2) is 5.78 Å². The molecule has 0 amide bonds. The highest BCUT2D eigenvalue weighted by molar-refractivity contribution is 8.05. The Morgan fingerprint density at radius 3 is 2.83 bits per heavy atom. The number of alkyl halides is 1. The van der Waals surface area contributed by atoms with Gasteiger partial charge >= 0.3 is 0 Å². The van der Waals surface area contributed by atoms with Gasteiger partial charge in [0.25, 0.3) is 0 Å². The first-order chi connectivity index (χ1) is 11.2. The minimum Gasteiger partial charge on any atom is -0.382 e. The molecule has 1 aromatic carbocycles. The van der Waals surface area contributed by atoms with E-state index in [9.17, 15) is 9.18 Å². The zero-order valence-electron chi connectivity index (χ0n) is 13.7. The zero-order valence-corrected chi connectivity index (χ0v) is 15.4. The minimum atomic E-state index is -0.454. The number of rotatable bonds is 9. The van der Waals surface area contributed by atoms with Crippen LogP contribution >= 0.6 is 23.5 Å². The van der Waals surface area contributed by atoms with Crippen LogP contribution < -0.4 is 5.32 Å². The van der Waals surface area contributed by atoms with Crippen LogP contribution in [0.15, 0.2) is 34.2 Å². The van der Waals surface area contributed by atoms with Crippen molar-refractivity contribution in [3.63, 3.8) is 0 Å². The first kappa shape index (κ1) is 18.4. The molecule has 0 saturated carbocycles. The third-order valence-corrected chi connectivity index (χ3v) is 5.99. The summed E-state index contributed by atoms with van der Waals surface area (Å²) in [7, 11) is 1.86. The Hall–Kier alpha value is -0.940. The number of allylic oxidation sites excluding steroid dienone is 1. The van der Waals surface area contributed by atoms with Gasteiger partial charge < -0.3 is 5.32 Å². The number of unbranched alkanes of at least 4 members (excludes halogenated alkanes) is 3. The molecule has 2 rings (SSSR count). The second-order valence-corrected chi connectivity index (χ2v) is 7.75. The van der Waals surface area contributed by atoms with Crippen LogP contribution in [0.25, 0.3) is 5.57 Å². The number of hydrogen-bond acceptors (Lipinski definition) is 4. The van der Waals surface area contributed by atoms with Crippen molar-refractivity contribution in [2.45, 2.75) is 49.2 Å². The Morgan fingerprint density at radius 2 is 2.13 bits per heavy atom. The number of carbonyl (C=O) groups excluding carboxylic acids is 1. The van der Waals surface area contributed by atoms with Crippen molar-refractivity contribution in [1.29, 1.82) is 0 Å². The summed E-state index contributed by atoms with van der Waals surface area (Å²) in [4.78, 5) is 13.7. The topological polar surface area (TPSA) is 29.1 Å². The standard InChI is InChI=1S/C18H24FNOS2/c1-3-4-5-6-10-15-17(21)16(18(20-2)23-15)13-8-7-9-14(11-13)22-12-19/h7-9,11,15,20H,3-6,10,12H2,1-2H3. The fourth-order valence-electron chi connectivity index (χ4n) is 2.74. The summed E-state index contributed by atoms with van der Waals surface area (Å²) < 4.78 is 12.5. The highest BCUT2D eigenvalue weighted by atomic mass is 32.2. The largest absolute Gasteiger partial charge is 0.382 e. The van der Waals surface area contributed by atoms with Crippen molar-refractivity contribution in [2.24, 2.45) is 0 Å². The monoisotopic (exact) mass is 353 g/mol. The van der Waals surface area contributed by atoms with E-state index in [1.807, 2.05) is 31.3 Å². The van der Waals surface area contributed by atoms with Gasteiger partial charge in [-0.15, -0.1) is 0 Å². The lowest BCUT2D eigenvalue weighted by Gasteiger charge is -2.08. The molecule has 2 nitrogen and oxygen atoms in total. The lowest BCUT2D eigenvalue weighted by atomic mass is 9.98. The molecule has 1 N–H and O–H groups in total. The molecule has 1 heterocycles. The van der Waals surface area contributed by atoms with Crippen LogP contribution in [0.1, 0.15) is 44.6 Å². The molecule has 1 aliphatic heterocycles. The van der Waals surface area contributed by atoms with Crippen LogP contribution in [0, 0.1) is 0 Å². The lowest BCUT2D eigenvalue weighted by Crippen LogP contribution is -2.13. The second kappa shape index (κ2) is 9.38. The fraction of sp³-hybridized carbons (Fsp3) is 0.500. The molecule has 0 spiro atoms. The number of hydrogen-bond donors (Lipinski definition) is 1. The first-order valence-electron chi connectivity index (χ1n) is 8.13. The molecule has 0 saturated heterocycles. The predicted molar refractivity (Wildman–Crippen MR) is 99.4 cm³/mol. The molecule has 126 valence electrons. The molecule has 1 aromatic rings. The second-order valence-electron chi connectivity index (χ2n) is 5.56. The quantitative estimate of drug-likeness (QED) is 0.485. The average molecular weight is 354 g/mol. The van der Waals surface area contributed by atoms with Gasteiger partial charge in [-0.3, -0.25) is 4.79 Å². The van der Waals surface area contributed by atoms with Crippen LogP contribution in [0.5, 0.6) is 0 Å². The normalized spacial score (nSPS) is 17.9. The van der Waals surface area contributed by atoms with Crippen molar-refractivity contribution in [2.75, 3.05) is 13.1 Å². The van der Waals surface area contributed by atoms with E-state index in [0.29, 0.717) is 0 Å². The van der Waals surface area contributed by atoms with Crippen LogP contribution in [0.2, 0.25) is 0 Å². The Morgan fingerprint density at radius 1 is 1.30 bits per heavy atom. The Balaban J connectivity index is 2.12. The van der Waals surface area contributed by atoms with E-state index in [-0.39, 0.29) is 11.0 Å². The third kappa shape index (κ3) is 4.77. The first-order valence-corrected chi connectivity index (χ1v) is 9.99. The summed E-state index contributed by atoms with van der Waals surface area (Å²) in [6.45, 7) is 2.19. The molecule has 1 unspecified atom stereocenters. The Labute approximate surface area is 146 Å². The van der Waals surface area contributed by atoms with Crippen LogP contribution in [-0.4, -0.2) is 24.1 Å². The van der Waals surface area contributed by atoms with Gasteiger partial charge in [-0.2, -0.15) is 0 Å². The van der Waals surface area contributed by atoms with Crippen LogP contribution in [-0.2, 0) is 4.79 Å². The molecule has 0 aromatic heterocycles. The number of Topliss-reactive ketones (excluding diaryl/α,β-unsaturated/α-hetero) is 1. The van der Waals surface area contributed by atoms with E-state index in [1.54, 1.807) is 11.8 Å². The van der Waals surface area contributed by atoms with E-state index in [4.69, 9.17) is 0 Å². The van der Waals surface area contributed by atoms with Crippen molar-refractivity contribution in [3.05, 3.63) is 34.9 Å². The molecular weight excluding hydrogens is 329 g/mol. The Kier molecular flexibility index (Phi) is 7.50. The van der Waals surface area contributed by atoms with Crippen LogP contribution in [0.4, 0.5) is 4.39 Å². The van der Waals surface area contributed by atoms with Gasteiger partial charge in [0, 0.05) is 11.9 Å². The van der Waals surface area contributed by atoms with Gasteiger partial charge in [-0.05, 0) is 24.1 Å². The molecule has 5 heteroatoms. The maximum atomic E-state index is 12.8. The fourth-order valence-corrected chi connectivity index (χ4v) is 4.49. The van der Waals surface area contributed by atoms with Crippen molar-refractivity contribution >= 4 is 34.9 Å². The van der Waals surface area contributed by atoms with E-state index in [2.05, 4.69) is 12.2 Å². The van der Waals surface area contributed by atoms with Crippen molar-refractivity contribution in [3.8, 4) is 0 Å². The molecule has 23 heavy (non-hydrogen) atoms. The van der Waals surface area contributed by atoms with Crippen LogP contribution in [0.3, 0.4) is 0 Å². The van der Waals surface area contributed by atoms with Gasteiger partial charge in [0.2, 0.25) is 0 Å². The van der Waals surface area contributed by atoms with E-state index in [1.165, 1.54) is 19.3 Å². The van der Waals surface area contributed by atoms with Crippen molar-refractivity contribution in [1.82, 2.24) is 5.32 Å². The smallest absolute Gasteiger partial charge is 0.179 e. The number of halogens is 1. The highest BCUT2D eigenvalue weighted by Gasteiger charge is 2.34. The average Bonchev–Trinajstić information content (AvgIpc) is 2.88. The number of carbonyl (C=O) groups is 1. The minimum absolute atomic E-state index is 0.0155. The zero-order chi connectivity index (χ0) is 16.7. The summed E-state index contributed by atoms with van der Waals surface area (Å²) >= 11 is 2.79. The summed E-state index contributed by atoms with van der Waals surface area (Å²) in [6, 6.07) is 7.16. The maximum absolute atomic E-state index is 12.8. The number of ketones is 1. The number of nitrogens with one attached hydrogen (secondary N) is 1. The maximum Gasteiger partial charge on any atom is 0.179 e.